The summed E-state index contributed by atoms with van der Waals surface area (Å²) in [5.74, 6) is 1.09. The van der Waals surface area contributed by atoms with Gasteiger partial charge in [-0.05, 0) is 44.8 Å². The Labute approximate surface area is 119 Å². The van der Waals surface area contributed by atoms with E-state index in [2.05, 4.69) is 21.9 Å². The molecule has 0 aliphatic carbocycles. The van der Waals surface area contributed by atoms with E-state index in [4.69, 9.17) is 0 Å². The van der Waals surface area contributed by atoms with Crippen LogP contribution in [-0.2, 0) is 0 Å². The number of amides is 1. The van der Waals surface area contributed by atoms with E-state index in [-0.39, 0.29) is 5.91 Å². The molecule has 0 bridgehead atoms. The Balaban J connectivity index is 2.55. The molecule has 0 spiro atoms. The lowest BCUT2D eigenvalue weighted by molar-refractivity contribution is 0.0953. The molecule has 0 aromatic carbocycles. The number of hydrogen-bond donors (Lipinski definition) is 2. The Hall–Kier alpha value is -1.23. The minimum absolute atomic E-state index is 0.0485. The van der Waals surface area contributed by atoms with Crippen molar-refractivity contribution in [2.24, 2.45) is 0 Å². The van der Waals surface area contributed by atoms with Gasteiger partial charge in [0.25, 0.3) is 5.91 Å². The SMILES string of the molecule is CCNc1cc(C)ncc1C(=O)NCCCCSC. The van der Waals surface area contributed by atoms with E-state index in [0.29, 0.717) is 5.56 Å². The molecule has 106 valence electrons. The number of carbonyl (C=O) groups excluding carboxylic acids is 1. The molecular formula is C14H23N3OS. The van der Waals surface area contributed by atoms with Crippen molar-refractivity contribution in [1.82, 2.24) is 10.3 Å². The Kier molecular flexibility index (Phi) is 7.33. The third kappa shape index (κ3) is 5.51. The summed E-state index contributed by atoms with van der Waals surface area (Å²) in [6.45, 7) is 5.45. The predicted octanol–water partition coefficient (Wildman–Crippen LogP) is 2.69. The zero-order valence-corrected chi connectivity index (χ0v) is 12.8. The summed E-state index contributed by atoms with van der Waals surface area (Å²) >= 11 is 1.83. The van der Waals surface area contributed by atoms with E-state index in [1.54, 1.807) is 6.20 Å². The molecule has 1 aromatic heterocycles. The summed E-state index contributed by atoms with van der Waals surface area (Å²) in [5.41, 5.74) is 2.39. The number of nitrogens with one attached hydrogen (secondary N) is 2. The van der Waals surface area contributed by atoms with Crippen molar-refractivity contribution < 1.29 is 4.79 Å². The minimum atomic E-state index is -0.0485. The molecule has 1 aromatic rings. The first-order valence-electron chi connectivity index (χ1n) is 6.66. The van der Waals surface area contributed by atoms with Crippen LogP contribution in [0.3, 0.4) is 0 Å². The smallest absolute Gasteiger partial charge is 0.254 e. The number of carbonyl (C=O) groups is 1. The minimum Gasteiger partial charge on any atom is -0.385 e. The second kappa shape index (κ2) is 8.80. The van der Waals surface area contributed by atoms with Crippen LogP contribution >= 0.6 is 11.8 Å². The van der Waals surface area contributed by atoms with Crippen LogP contribution in [0.5, 0.6) is 0 Å². The number of pyridine rings is 1. The Morgan fingerprint density at radius 3 is 2.89 bits per heavy atom. The van der Waals surface area contributed by atoms with Gasteiger partial charge >= 0.3 is 0 Å². The molecule has 0 saturated carbocycles. The van der Waals surface area contributed by atoms with Gasteiger partial charge in [-0.15, -0.1) is 0 Å². The van der Waals surface area contributed by atoms with Gasteiger partial charge in [0.05, 0.1) is 11.3 Å². The second-order valence-electron chi connectivity index (χ2n) is 4.36. The molecule has 1 rings (SSSR count). The van der Waals surface area contributed by atoms with Gasteiger partial charge in [0.15, 0.2) is 0 Å². The lowest BCUT2D eigenvalue weighted by Gasteiger charge is -2.11. The number of anilines is 1. The Morgan fingerprint density at radius 1 is 1.42 bits per heavy atom. The summed E-state index contributed by atoms with van der Waals surface area (Å²) in [6.07, 6.45) is 5.89. The van der Waals surface area contributed by atoms with Crippen molar-refractivity contribution in [1.29, 1.82) is 0 Å². The Bertz CT molecular complexity index is 410. The lowest BCUT2D eigenvalue weighted by Crippen LogP contribution is -2.25. The largest absolute Gasteiger partial charge is 0.385 e. The standard InChI is InChI=1S/C14H23N3OS/c1-4-15-13-9-11(2)17-10-12(13)14(18)16-7-5-6-8-19-3/h9-10H,4-8H2,1-3H3,(H,15,17)(H,16,18). The molecule has 0 radical (unpaired) electrons. The Morgan fingerprint density at radius 2 is 2.21 bits per heavy atom. The van der Waals surface area contributed by atoms with Crippen molar-refractivity contribution in [2.45, 2.75) is 26.7 Å². The lowest BCUT2D eigenvalue weighted by atomic mass is 10.2. The maximum Gasteiger partial charge on any atom is 0.254 e. The van der Waals surface area contributed by atoms with Crippen LogP contribution in [0, 0.1) is 6.92 Å². The van der Waals surface area contributed by atoms with Crippen molar-refractivity contribution in [3.05, 3.63) is 23.5 Å². The van der Waals surface area contributed by atoms with Gasteiger partial charge in [-0.1, -0.05) is 0 Å². The fourth-order valence-electron chi connectivity index (χ4n) is 1.75. The number of unbranched alkanes of at least 4 members (excludes halogenated alkanes) is 1. The molecule has 0 atom stereocenters. The van der Waals surface area contributed by atoms with Crippen molar-refractivity contribution in [3.63, 3.8) is 0 Å². The van der Waals surface area contributed by atoms with Gasteiger partial charge in [0.2, 0.25) is 0 Å². The predicted molar refractivity (Wildman–Crippen MR) is 83.1 cm³/mol. The molecule has 0 fully saturated rings. The fourth-order valence-corrected chi connectivity index (χ4v) is 2.24. The summed E-state index contributed by atoms with van der Waals surface area (Å²) in [7, 11) is 0. The van der Waals surface area contributed by atoms with Crippen molar-refractivity contribution in [2.75, 3.05) is 30.4 Å². The summed E-state index contributed by atoms with van der Waals surface area (Å²) < 4.78 is 0. The normalized spacial score (nSPS) is 10.3. The second-order valence-corrected chi connectivity index (χ2v) is 5.34. The summed E-state index contributed by atoms with van der Waals surface area (Å²) in [6, 6.07) is 1.91. The molecule has 2 N–H and O–H groups in total. The molecule has 0 saturated heterocycles. The first-order chi connectivity index (χ1) is 9.19. The van der Waals surface area contributed by atoms with Crippen molar-refractivity contribution >= 4 is 23.4 Å². The molecule has 1 heterocycles. The van der Waals surface area contributed by atoms with Crippen LogP contribution in [0.15, 0.2) is 12.3 Å². The van der Waals surface area contributed by atoms with E-state index in [1.807, 2.05) is 31.7 Å². The number of nitrogens with zero attached hydrogens (tertiary/aromatic N) is 1. The van der Waals surface area contributed by atoms with E-state index in [0.717, 1.165) is 43.1 Å². The third-order valence-electron chi connectivity index (χ3n) is 2.71. The van der Waals surface area contributed by atoms with E-state index < -0.39 is 0 Å². The maximum atomic E-state index is 12.1. The number of hydrogen-bond acceptors (Lipinski definition) is 4. The number of thioether (sulfide) groups is 1. The number of aromatic nitrogens is 1. The van der Waals surface area contributed by atoms with Gasteiger partial charge in [-0.2, -0.15) is 11.8 Å². The maximum absolute atomic E-state index is 12.1. The van der Waals surface area contributed by atoms with Crippen LogP contribution in [0.25, 0.3) is 0 Å². The average Bonchev–Trinajstić information content (AvgIpc) is 2.39. The van der Waals surface area contributed by atoms with E-state index in [1.165, 1.54) is 0 Å². The number of rotatable bonds is 8. The van der Waals surface area contributed by atoms with Gasteiger partial charge in [-0.3, -0.25) is 9.78 Å². The molecule has 1 amide bonds. The van der Waals surface area contributed by atoms with E-state index >= 15 is 0 Å². The monoisotopic (exact) mass is 281 g/mol. The van der Waals surface area contributed by atoms with Gasteiger partial charge < -0.3 is 10.6 Å². The van der Waals surface area contributed by atoms with Crippen LogP contribution < -0.4 is 10.6 Å². The quantitative estimate of drug-likeness (QED) is 0.719. The highest BCUT2D eigenvalue weighted by molar-refractivity contribution is 7.98. The number of aryl methyl sites for hydroxylation is 1. The molecule has 5 heteroatoms. The first kappa shape index (κ1) is 15.8. The zero-order chi connectivity index (χ0) is 14.1. The first-order valence-corrected chi connectivity index (χ1v) is 8.06. The molecular weight excluding hydrogens is 258 g/mol. The highest BCUT2D eigenvalue weighted by Crippen LogP contribution is 2.15. The van der Waals surface area contributed by atoms with Crippen molar-refractivity contribution in [3.8, 4) is 0 Å². The molecule has 0 aliphatic heterocycles. The summed E-state index contributed by atoms with van der Waals surface area (Å²) in [5, 5.41) is 6.15. The van der Waals surface area contributed by atoms with Crippen LogP contribution in [-0.4, -0.2) is 36.0 Å². The molecule has 4 nitrogen and oxygen atoms in total. The fraction of sp³-hybridized carbons (Fsp3) is 0.571. The van der Waals surface area contributed by atoms with Crippen LogP contribution in [0.1, 0.15) is 35.8 Å². The molecule has 19 heavy (non-hydrogen) atoms. The zero-order valence-electron chi connectivity index (χ0n) is 12.0. The topological polar surface area (TPSA) is 54.0 Å². The highest BCUT2D eigenvalue weighted by atomic mass is 32.2. The van der Waals surface area contributed by atoms with E-state index in [9.17, 15) is 4.79 Å². The van der Waals surface area contributed by atoms with Crippen LogP contribution in [0.2, 0.25) is 0 Å². The molecule has 0 unspecified atom stereocenters. The average molecular weight is 281 g/mol. The van der Waals surface area contributed by atoms with Gasteiger partial charge in [0, 0.05) is 25.0 Å². The molecule has 0 aliphatic rings. The summed E-state index contributed by atoms with van der Waals surface area (Å²) in [4.78, 5) is 16.3. The van der Waals surface area contributed by atoms with Gasteiger partial charge in [-0.25, -0.2) is 0 Å². The highest BCUT2D eigenvalue weighted by Gasteiger charge is 2.11. The van der Waals surface area contributed by atoms with Gasteiger partial charge in [0.1, 0.15) is 0 Å². The van der Waals surface area contributed by atoms with Crippen LogP contribution in [0.4, 0.5) is 5.69 Å². The third-order valence-corrected chi connectivity index (χ3v) is 3.41.